The Morgan fingerprint density at radius 2 is 1.96 bits per heavy atom. The molecule has 0 spiro atoms. The molecule has 1 amide bonds. The van der Waals surface area contributed by atoms with Crippen molar-refractivity contribution in [1.29, 1.82) is 0 Å². The molecular weight excluding hydrogens is 352 g/mol. The van der Waals surface area contributed by atoms with Crippen molar-refractivity contribution in [2.24, 2.45) is 0 Å². The van der Waals surface area contributed by atoms with Gasteiger partial charge in [0.15, 0.2) is 11.5 Å². The molecule has 0 saturated carbocycles. The number of fused-ring (bicyclic) bond motifs is 1. The summed E-state index contributed by atoms with van der Waals surface area (Å²) in [6.45, 7) is 1.11. The Kier molecular flexibility index (Phi) is 4.45. The van der Waals surface area contributed by atoms with Gasteiger partial charge in [-0.3, -0.25) is 4.79 Å². The number of aromatic nitrogens is 1. The molecule has 0 radical (unpaired) electrons. The number of thiophene rings is 1. The first-order chi connectivity index (χ1) is 12.7. The van der Waals surface area contributed by atoms with Crippen LogP contribution in [0.1, 0.15) is 9.67 Å². The smallest absolute Gasteiger partial charge is 0.265 e. The Morgan fingerprint density at radius 3 is 2.73 bits per heavy atom. The molecule has 1 aliphatic heterocycles. The first-order valence-corrected chi connectivity index (χ1v) is 8.86. The van der Waals surface area contributed by atoms with Gasteiger partial charge in [-0.25, -0.2) is 4.98 Å². The Balaban J connectivity index is 1.51. The monoisotopic (exact) mass is 368 g/mol. The Morgan fingerprint density at radius 1 is 1.12 bits per heavy atom. The van der Waals surface area contributed by atoms with Crippen LogP contribution in [0.2, 0.25) is 0 Å². The van der Waals surface area contributed by atoms with Crippen molar-refractivity contribution in [1.82, 2.24) is 4.98 Å². The minimum absolute atomic E-state index is 0.175. The van der Waals surface area contributed by atoms with E-state index in [2.05, 4.69) is 10.3 Å². The van der Waals surface area contributed by atoms with Crippen molar-refractivity contribution in [3.8, 4) is 27.8 Å². The van der Waals surface area contributed by atoms with E-state index in [0.29, 0.717) is 29.7 Å². The van der Waals surface area contributed by atoms with Gasteiger partial charge in [-0.1, -0.05) is 0 Å². The molecule has 7 heteroatoms. The summed E-state index contributed by atoms with van der Waals surface area (Å²) in [5.41, 5.74) is 1.61. The fraction of sp³-hybridized carbons (Fsp3) is 0.158. The average molecular weight is 368 g/mol. The van der Waals surface area contributed by atoms with Crippen molar-refractivity contribution in [2.45, 2.75) is 0 Å². The molecule has 1 N–H and O–H groups in total. The summed E-state index contributed by atoms with van der Waals surface area (Å²) < 4.78 is 16.2. The number of hydrogen-bond acceptors (Lipinski definition) is 6. The summed E-state index contributed by atoms with van der Waals surface area (Å²) in [6.07, 6.45) is 1.56. The van der Waals surface area contributed by atoms with E-state index in [4.69, 9.17) is 14.2 Å². The number of carbonyl (C=O) groups excluding carboxylic acids is 1. The van der Waals surface area contributed by atoms with E-state index in [1.54, 1.807) is 25.4 Å². The third-order valence-corrected chi connectivity index (χ3v) is 4.99. The van der Waals surface area contributed by atoms with Gasteiger partial charge in [0.05, 0.1) is 23.9 Å². The summed E-state index contributed by atoms with van der Waals surface area (Å²) in [7, 11) is 1.55. The fourth-order valence-corrected chi connectivity index (χ4v) is 3.48. The van der Waals surface area contributed by atoms with E-state index >= 15 is 0 Å². The second kappa shape index (κ2) is 7.05. The number of hydrogen-bond donors (Lipinski definition) is 1. The van der Waals surface area contributed by atoms with Crippen LogP contribution in [0.4, 0.5) is 5.69 Å². The SMILES string of the molecule is COc1ccc(NC(=O)c2ccc(-c3ccc4c(c3)OCCO4)s2)cn1. The highest BCUT2D eigenvalue weighted by Gasteiger charge is 2.15. The van der Waals surface area contributed by atoms with E-state index in [0.717, 1.165) is 21.9 Å². The van der Waals surface area contributed by atoms with Crippen LogP contribution in [0.5, 0.6) is 17.4 Å². The summed E-state index contributed by atoms with van der Waals surface area (Å²) in [5.74, 6) is 1.81. The van der Waals surface area contributed by atoms with Gasteiger partial charge >= 0.3 is 0 Å². The number of pyridine rings is 1. The minimum Gasteiger partial charge on any atom is -0.486 e. The highest BCUT2D eigenvalue weighted by molar-refractivity contribution is 7.17. The number of rotatable bonds is 4. The first kappa shape index (κ1) is 16.4. The lowest BCUT2D eigenvalue weighted by Crippen LogP contribution is -2.15. The zero-order valence-corrected chi connectivity index (χ0v) is 14.8. The highest BCUT2D eigenvalue weighted by atomic mass is 32.1. The van der Waals surface area contributed by atoms with E-state index in [1.807, 2.05) is 30.3 Å². The lowest BCUT2D eigenvalue weighted by molar-refractivity contribution is 0.103. The third kappa shape index (κ3) is 3.34. The molecule has 0 saturated heterocycles. The quantitative estimate of drug-likeness (QED) is 0.758. The second-order valence-corrected chi connectivity index (χ2v) is 6.65. The van der Waals surface area contributed by atoms with Crippen LogP contribution in [-0.2, 0) is 0 Å². The molecule has 2 aromatic heterocycles. The van der Waals surface area contributed by atoms with Crippen molar-refractivity contribution < 1.29 is 19.0 Å². The molecule has 3 aromatic rings. The van der Waals surface area contributed by atoms with Crippen molar-refractivity contribution >= 4 is 22.9 Å². The summed E-state index contributed by atoms with van der Waals surface area (Å²) in [4.78, 5) is 18.1. The molecule has 0 bridgehead atoms. The summed E-state index contributed by atoms with van der Waals surface area (Å²) >= 11 is 1.42. The van der Waals surface area contributed by atoms with Crippen molar-refractivity contribution in [2.75, 3.05) is 25.6 Å². The number of nitrogens with one attached hydrogen (secondary N) is 1. The molecule has 0 unspecified atom stereocenters. The van der Waals surface area contributed by atoms with Gasteiger partial charge in [0.2, 0.25) is 5.88 Å². The molecule has 3 heterocycles. The zero-order valence-electron chi connectivity index (χ0n) is 14.0. The molecule has 6 nitrogen and oxygen atoms in total. The van der Waals surface area contributed by atoms with Gasteiger partial charge in [0, 0.05) is 10.9 Å². The van der Waals surface area contributed by atoms with Gasteiger partial charge in [-0.15, -0.1) is 11.3 Å². The molecule has 0 aliphatic carbocycles. The largest absolute Gasteiger partial charge is 0.486 e. The molecule has 26 heavy (non-hydrogen) atoms. The van der Waals surface area contributed by atoms with Gasteiger partial charge in [0.1, 0.15) is 13.2 Å². The number of ether oxygens (including phenoxy) is 3. The molecule has 1 aliphatic rings. The molecule has 4 rings (SSSR count). The van der Waals surface area contributed by atoms with Gasteiger partial charge in [-0.05, 0) is 42.0 Å². The van der Waals surface area contributed by atoms with Crippen LogP contribution in [0.3, 0.4) is 0 Å². The van der Waals surface area contributed by atoms with Crippen LogP contribution in [0.15, 0.2) is 48.7 Å². The molecule has 132 valence electrons. The topological polar surface area (TPSA) is 69.7 Å². The highest BCUT2D eigenvalue weighted by Crippen LogP contribution is 2.37. The number of amides is 1. The van der Waals surface area contributed by atoms with Crippen LogP contribution in [0.25, 0.3) is 10.4 Å². The minimum atomic E-state index is -0.175. The number of anilines is 1. The van der Waals surface area contributed by atoms with E-state index in [1.165, 1.54) is 11.3 Å². The lowest BCUT2D eigenvalue weighted by Gasteiger charge is -2.18. The molecule has 1 aromatic carbocycles. The Bertz CT molecular complexity index is 937. The van der Waals surface area contributed by atoms with Crippen molar-refractivity contribution in [3.63, 3.8) is 0 Å². The zero-order chi connectivity index (χ0) is 17.9. The molecule has 0 atom stereocenters. The Labute approximate surface area is 154 Å². The maximum Gasteiger partial charge on any atom is 0.265 e. The Hall–Kier alpha value is -3.06. The van der Waals surface area contributed by atoms with E-state index in [9.17, 15) is 4.79 Å². The average Bonchev–Trinajstić information content (AvgIpc) is 3.18. The van der Waals surface area contributed by atoms with Gasteiger partial charge < -0.3 is 19.5 Å². The maximum absolute atomic E-state index is 12.4. The maximum atomic E-state index is 12.4. The predicted molar refractivity (Wildman–Crippen MR) is 99.5 cm³/mol. The van der Waals surface area contributed by atoms with E-state index in [-0.39, 0.29) is 5.91 Å². The van der Waals surface area contributed by atoms with E-state index < -0.39 is 0 Å². The first-order valence-electron chi connectivity index (χ1n) is 8.04. The van der Waals surface area contributed by atoms with Crippen LogP contribution >= 0.6 is 11.3 Å². The fourth-order valence-electron chi connectivity index (χ4n) is 2.58. The number of benzene rings is 1. The van der Waals surface area contributed by atoms with Crippen LogP contribution in [-0.4, -0.2) is 31.2 Å². The lowest BCUT2D eigenvalue weighted by atomic mass is 10.1. The standard InChI is InChI=1S/C19H16N2O4S/c1-23-18-7-3-13(11-20-18)21-19(22)17-6-5-16(26-17)12-2-4-14-15(10-12)25-9-8-24-14/h2-7,10-11H,8-9H2,1H3,(H,21,22). The van der Waals surface area contributed by atoms with Gasteiger partial charge in [-0.2, -0.15) is 0 Å². The van der Waals surface area contributed by atoms with Crippen molar-refractivity contribution in [3.05, 3.63) is 53.5 Å². The second-order valence-electron chi connectivity index (χ2n) is 5.57. The van der Waals surface area contributed by atoms with Crippen LogP contribution < -0.4 is 19.5 Å². The summed E-state index contributed by atoms with van der Waals surface area (Å²) in [6, 6.07) is 13.0. The third-order valence-electron chi connectivity index (χ3n) is 3.86. The summed E-state index contributed by atoms with van der Waals surface area (Å²) in [5, 5.41) is 2.83. The normalized spacial score (nSPS) is 12.5. The molecular formula is C19H16N2O4S. The van der Waals surface area contributed by atoms with Gasteiger partial charge in [0.25, 0.3) is 5.91 Å². The number of nitrogens with zero attached hydrogens (tertiary/aromatic N) is 1. The van der Waals surface area contributed by atoms with Crippen LogP contribution in [0, 0.1) is 0 Å². The number of carbonyl (C=O) groups is 1. The number of methoxy groups -OCH3 is 1. The molecule has 0 fully saturated rings. The predicted octanol–water partition coefficient (Wildman–Crippen LogP) is 3.84.